The van der Waals surface area contributed by atoms with Gasteiger partial charge in [-0.3, -0.25) is 0 Å². The van der Waals surface area contributed by atoms with E-state index in [1.165, 1.54) is 6.20 Å². The average molecular weight is 400 g/mol. The molecule has 0 aliphatic carbocycles. The number of nitrogens with one attached hydrogen (secondary N) is 1. The molecule has 150 valence electrons. The second kappa shape index (κ2) is 7.35. The van der Waals surface area contributed by atoms with E-state index in [1.807, 2.05) is 24.3 Å². The van der Waals surface area contributed by atoms with E-state index in [0.717, 1.165) is 37.5 Å². The van der Waals surface area contributed by atoms with Crippen LogP contribution in [-0.2, 0) is 19.0 Å². The Kier molecular flexibility index (Phi) is 4.86. The molecule has 0 amide bonds. The summed E-state index contributed by atoms with van der Waals surface area (Å²) in [6, 6.07) is 7.73. The molecule has 0 atom stereocenters. The first-order valence-corrected chi connectivity index (χ1v) is 9.23. The summed E-state index contributed by atoms with van der Waals surface area (Å²) in [5.74, 6) is 0.0123. The number of pyridine rings is 1. The highest BCUT2D eigenvalue weighted by Crippen LogP contribution is 2.42. The zero-order chi connectivity index (χ0) is 20.6. The van der Waals surface area contributed by atoms with Crippen molar-refractivity contribution < 1.29 is 17.9 Å². The maximum absolute atomic E-state index is 13.9. The largest absolute Gasteiger partial charge is 0.481 e. The highest BCUT2D eigenvalue weighted by Gasteiger charge is 2.39. The minimum Gasteiger partial charge on any atom is -0.481 e. The summed E-state index contributed by atoms with van der Waals surface area (Å²) in [7, 11) is 1.16. The third-order valence-electron chi connectivity index (χ3n) is 4.94. The fourth-order valence-corrected chi connectivity index (χ4v) is 3.62. The normalized spacial score (nSPS) is 14.7. The predicted molar refractivity (Wildman–Crippen MR) is 105 cm³/mol. The van der Waals surface area contributed by atoms with Gasteiger partial charge in [0.25, 0.3) is 0 Å². The molecule has 4 rings (SSSR count). The molecule has 0 unspecified atom stereocenters. The molecule has 5 nitrogen and oxygen atoms in total. The van der Waals surface area contributed by atoms with Crippen LogP contribution in [0.1, 0.15) is 35.4 Å². The molecule has 1 aliphatic heterocycles. The van der Waals surface area contributed by atoms with Crippen molar-refractivity contribution in [3.8, 4) is 5.88 Å². The molecule has 3 aromatic rings. The summed E-state index contributed by atoms with van der Waals surface area (Å²) in [6.07, 6.45) is -0.262. The molecular formula is C21H19F3N4O. The van der Waals surface area contributed by atoms with Gasteiger partial charge in [0.2, 0.25) is 5.88 Å². The Balaban J connectivity index is 1.97. The highest BCUT2D eigenvalue weighted by molar-refractivity contribution is 5.96. The van der Waals surface area contributed by atoms with Crippen molar-refractivity contribution in [2.45, 2.75) is 31.9 Å². The second-order valence-electron chi connectivity index (χ2n) is 6.86. The van der Waals surface area contributed by atoms with E-state index in [9.17, 15) is 13.2 Å². The summed E-state index contributed by atoms with van der Waals surface area (Å²) in [5.41, 5.74) is 1.55. The molecule has 2 aromatic heterocycles. The number of aryl methyl sites for hydroxylation is 2. The van der Waals surface area contributed by atoms with Gasteiger partial charge in [-0.05, 0) is 24.8 Å². The van der Waals surface area contributed by atoms with Crippen LogP contribution in [0, 0.1) is 0 Å². The first-order chi connectivity index (χ1) is 13.9. The van der Waals surface area contributed by atoms with Crippen molar-refractivity contribution in [2.75, 3.05) is 12.4 Å². The topological polar surface area (TPSA) is 59.9 Å². The molecule has 0 spiro atoms. The molecule has 1 aliphatic rings. The third kappa shape index (κ3) is 3.62. The molecule has 2 bridgehead atoms. The maximum Gasteiger partial charge on any atom is 0.422 e. The first-order valence-electron chi connectivity index (χ1n) is 9.23. The lowest BCUT2D eigenvalue weighted by Gasteiger charge is -2.18. The van der Waals surface area contributed by atoms with Gasteiger partial charge in [0.05, 0.1) is 24.2 Å². The quantitative estimate of drug-likeness (QED) is 0.622. The van der Waals surface area contributed by atoms with Crippen LogP contribution in [0.15, 0.2) is 37.0 Å². The molecule has 0 saturated carbocycles. The van der Waals surface area contributed by atoms with Gasteiger partial charge in [-0.15, -0.1) is 0 Å². The van der Waals surface area contributed by atoms with E-state index in [4.69, 9.17) is 4.74 Å². The Morgan fingerprint density at radius 2 is 1.86 bits per heavy atom. The number of methoxy groups -OCH3 is 1. The van der Waals surface area contributed by atoms with Crippen LogP contribution in [0.3, 0.4) is 0 Å². The number of fused-ring (bicyclic) bond motifs is 5. The summed E-state index contributed by atoms with van der Waals surface area (Å²) >= 11 is 0. The smallest absolute Gasteiger partial charge is 0.422 e. The molecule has 1 N–H and O–H groups in total. The number of hydrogen-bond acceptors (Lipinski definition) is 5. The van der Waals surface area contributed by atoms with Gasteiger partial charge in [0, 0.05) is 17.7 Å². The number of rotatable bonds is 1. The molecule has 0 fully saturated rings. The number of anilines is 1. The lowest BCUT2D eigenvalue weighted by molar-refractivity contribution is -0.137. The second-order valence-corrected chi connectivity index (χ2v) is 6.86. The molecule has 0 radical (unpaired) electrons. The Morgan fingerprint density at radius 3 is 2.62 bits per heavy atom. The van der Waals surface area contributed by atoms with Crippen LogP contribution < -0.4 is 10.1 Å². The summed E-state index contributed by atoms with van der Waals surface area (Å²) in [5, 5.41) is 2.84. The van der Waals surface area contributed by atoms with E-state index < -0.39 is 17.6 Å². The molecule has 8 heteroatoms. The Morgan fingerprint density at radius 1 is 1.10 bits per heavy atom. The lowest BCUT2D eigenvalue weighted by Crippen LogP contribution is -2.13. The predicted octanol–water partition coefficient (Wildman–Crippen LogP) is 5.01. The summed E-state index contributed by atoms with van der Waals surface area (Å²) in [4.78, 5) is 12.6. The first kappa shape index (κ1) is 19.2. The van der Waals surface area contributed by atoms with Crippen LogP contribution in [0.5, 0.6) is 5.88 Å². The average Bonchev–Trinajstić information content (AvgIpc) is 2.71. The molecular weight excluding hydrogens is 381 g/mol. The van der Waals surface area contributed by atoms with Crippen molar-refractivity contribution in [1.82, 2.24) is 15.0 Å². The molecule has 29 heavy (non-hydrogen) atoms. The molecule has 1 aromatic carbocycles. The van der Waals surface area contributed by atoms with Gasteiger partial charge in [0.15, 0.2) is 0 Å². The highest BCUT2D eigenvalue weighted by atomic mass is 19.4. The van der Waals surface area contributed by atoms with Gasteiger partial charge in [-0.25, -0.2) is 15.0 Å². The van der Waals surface area contributed by atoms with Crippen LogP contribution in [0.2, 0.25) is 0 Å². The fraction of sp³-hybridized carbons (Fsp3) is 0.286. The number of alkyl halides is 3. The SMILES string of the molecule is C=C1Nc2nc(nc3cnc(OC)c(C(F)(F)F)c23)CCCCc2ccccc21. The lowest BCUT2D eigenvalue weighted by atomic mass is 9.99. The monoisotopic (exact) mass is 400 g/mol. The van der Waals surface area contributed by atoms with Gasteiger partial charge in [-0.2, -0.15) is 13.2 Å². The Labute approximate surface area is 165 Å². The van der Waals surface area contributed by atoms with E-state index in [0.29, 0.717) is 17.9 Å². The Hall–Kier alpha value is -3.16. The number of hydrogen-bond donors (Lipinski definition) is 1. The van der Waals surface area contributed by atoms with Gasteiger partial charge in [0.1, 0.15) is 17.2 Å². The minimum absolute atomic E-state index is 0.0553. The van der Waals surface area contributed by atoms with E-state index in [-0.39, 0.29) is 16.7 Å². The number of ether oxygens (including phenoxy) is 1. The molecule has 0 saturated heterocycles. The minimum atomic E-state index is -4.69. The molecule has 3 heterocycles. The third-order valence-corrected chi connectivity index (χ3v) is 4.94. The van der Waals surface area contributed by atoms with E-state index in [1.54, 1.807) is 0 Å². The Bertz CT molecular complexity index is 1100. The number of nitrogens with zero attached hydrogens (tertiary/aromatic N) is 3. The van der Waals surface area contributed by atoms with Crippen molar-refractivity contribution in [1.29, 1.82) is 0 Å². The van der Waals surface area contributed by atoms with Crippen molar-refractivity contribution >= 4 is 22.4 Å². The maximum atomic E-state index is 13.9. The van der Waals surface area contributed by atoms with Gasteiger partial charge in [-0.1, -0.05) is 30.8 Å². The zero-order valence-electron chi connectivity index (χ0n) is 15.8. The van der Waals surface area contributed by atoms with Crippen molar-refractivity contribution in [3.05, 3.63) is 59.6 Å². The number of halogens is 3. The van der Waals surface area contributed by atoms with Crippen molar-refractivity contribution in [3.63, 3.8) is 0 Å². The van der Waals surface area contributed by atoms with E-state index in [2.05, 4.69) is 26.8 Å². The van der Waals surface area contributed by atoms with Crippen molar-refractivity contribution in [2.24, 2.45) is 0 Å². The van der Waals surface area contributed by atoms with Gasteiger partial charge < -0.3 is 10.1 Å². The standard InChI is InChI=1S/C21H19F3N4O/c1-12-14-9-5-3-7-13(14)8-4-6-10-16-27-15-11-25-20(29-2)18(21(22,23)24)17(15)19(26-12)28-16/h3,5,7,9,11H,1,4,6,8,10H2,2H3,(H,26,27,28). The number of benzene rings is 1. The summed E-state index contributed by atoms with van der Waals surface area (Å²) < 4.78 is 46.6. The van der Waals surface area contributed by atoms with Gasteiger partial charge >= 0.3 is 6.18 Å². The summed E-state index contributed by atoms with van der Waals surface area (Å²) in [6.45, 7) is 4.05. The van der Waals surface area contributed by atoms with E-state index >= 15 is 0 Å². The van der Waals surface area contributed by atoms with Crippen LogP contribution in [0.25, 0.3) is 16.6 Å². The number of aromatic nitrogens is 3. The van der Waals surface area contributed by atoms with Crippen LogP contribution in [-0.4, -0.2) is 22.1 Å². The fourth-order valence-electron chi connectivity index (χ4n) is 3.62. The van der Waals surface area contributed by atoms with Crippen LogP contribution >= 0.6 is 0 Å². The zero-order valence-corrected chi connectivity index (χ0v) is 15.8. The van der Waals surface area contributed by atoms with Crippen LogP contribution in [0.4, 0.5) is 19.0 Å².